The Morgan fingerprint density at radius 1 is 1.47 bits per heavy atom. The minimum Gasteiger partial charge on any atom is -0.480 e. The average molecular weight is 245 g/mol. The second kappa shape index (κ2) is 6.03. The van der Waals surface area contributed by atoms with Crippen LogP contribution < -0.4 is 0 Å². The van der Waals surface area contributed by atoms with Gasteiger partial charge in [-0.2, -0.15) is 0 Å². The highest BCUT2D eigenvalue weighted by Gasteiger charge is 2.17. The Bertz CT molecular complexity index is 324. The van der Waals surface area contributed by atoms with E-state index in [-0.39, 0.29) is 5.25 Å². The van der Waals surface area contributed by atoms with Crippen molar-refractivity contribution in [1.82, 2.24) is 0 Å². The predicted molar refractivity (Wildman–Crippen MR) is 63.6 cm³/mol. The number of carboxylic acid groups (broad SMARTS) is 1. The van der Waals surface area contributed by atoms with Crippen LogP contribution in [0.25, 0.3) is 0 Å². The largest absolute Gasteiger partial charge is 0.480 e. The highest BCUT2D eigenvalue weighted by Crippen LogP contribution is 2.27. The number of hydrogen-bond acceptors (Lipinski definition) is 2. The van der Waals surface area contributed by atoms with E-state index in [0.717, 1.165) is 11.3 Å². The summed E-state index contributed by atoms with van der Waals surface area (Å²) in [4.78, 5) is 11.9. The fourth-order valence-corrected chi connectivity index (χ4v) is 2.37. The molecule has 4 heteroatoms. The first-order valence-electron chi connectivity index (χ1n) is 4.78. The smallest absolute Gasteiger partial charge is 0.316 e. The van der Waals surface area contributed by atoms with Crippen LogP contribution >= 0.6 is 23.4 Å². The van der Waals surface area contributed by atoms with Crippen LogP contribution in [-0.4, -0.2) is 16.3 Å². The lowest BCUT2D eigenvalue weighted by molar-refractivity contribution is -0.136. The molecule has 0 fully saturated rings. The van der Waals surface area contributed by atoms with Crippen molar-refractivity contribution in [3.05, 3.63) is 29.3 Å². The lowest BCUT2D eigenvalue weighted by atomic mass is 10.2. The third-order valence-corrected chi connectivity index (χ3v) is 3.44. The number of carbonyl (C=O) groups is 1. The molecule has 0 radical (unpaired) electrons. The molecule has 1 aromatic rings. The fraction of sp³-hybridized carbons (Fsp3) is 0.364. The van der Waals surface area contributed by atoms with Crippen LogP contribution in [0.1, 0.15) is 19.8 Å². The molecule has 0 heterocycles. The first-order valence-corrected chi connectivity index (χ1v) is 6.04. The van der Waals surface area contributed by atoms with E-state index >= 15 is 0 Å². The Hall–Kier alpha value is -0.670. The van der Waals surface area contributed by atoms with Crippen molar-refractivity contribution in [2.75, 3.05) is 0 Å². The Morgan fingerprint density at radius 3 is 2.53 bits per heavy atom. The molecule has 0 aliphatic heterocycles. The molecule has 0 aromatic heterocycles. The molecule has 0 spiro atoms. The van der Waals surface area contributed by atoms with Gasteiger partial charge in [0.05, 0.1) is 0 Å². The topological polar surface area (TPSA) is 37.3 Å². The van der Waals surface area contributed by atoms with Gasteiger partial charge in [-0.25, -0.2) is 0 Å². The number of carboxylic acids is 1. The van der Waals surface area contributed by atoms with Crippen molar-refractivity contribution in [2.45, 2.75) is 29.9 Å². The number of benzene rings is 1. The van der Waals surface area contributed by atoms with Crippen LogP contribution in [0.15, 0.2) is 29.2 Å². The summed E-state index contributed by atoms with van der Waals surface area (Å²) in [5, 5.41) is 9.28. The second-order valence-electron chi connectivity index (χ2n) is 3.19. The standard InChI is InChI=1S/C11H13ClO2S/c1-2-3-10(11(13)14)15-9-6-4-8(12)5-7-9/h4-7,10H,2-3H2,1H3,(H,13,14). The summed E-state index contributed by atoms with van der Waals surface area (Å²) in [6, 6.07) is 7.24. The first-order chi connectivity index (χ1) is 7.13. The highest BCUT2D eigenvalue weighted by atomic mass is 35.5. The van der Waals surface area contributed by atoms with E-state index in [1.54, 1.807) is 12.1 Å². The molecule has 82 valence electrons. The predicted octanol–water partition coefficient (Wildman–Crippen LogP) is 3.69. The quantitative estimate of drug-likeness (QED) is 0.803. The monoisotopic (exact) mass is 244 g/mol. The zero-order chi connectivity index (χ0) is 11.3. The summed E-state index contributed by atoms with van der Waals surface area (Å²) in [6.45, 7) is 1.98. The summed E-state index contributed by atoms with van der Waals surface area (Å²) < 4.78 is 0. The SMILES string of the molecule is CCCC(Sc1ccc(Cl)cc1)C(=O)O. The van der Waals surface area contributed by atoms with Gasteiger partial charge in [-0.15, -0.1) is 11.8 Å². The van der Waals surface area contributed by atoms with Gasteiger partial charge in [-0.1, -0.05) is 24.9 Å². The van der Waals surface area contributed by atoms with Crippen LogP contribution in [0.4, 0.5) is 0 Å². The molecule has 0 amide bonds. The van der Waals surface area contributed by atoms with Crippen LogP contribution in [0.3, 0.4) is 0 Å². The zero-order valence-electron chi connectivity index (χ0n) is 8.44. The molecule has 0 aliphatic carbocycles. The Morgan fingerprint density at radius 2 is 2.07 bits per heavy atom. The number of halogens is 1. The van der Waals surface area contributed by atoms with Gasteiger partial charge in [-0.3, -0.25) is 4.79 Å². The van der Waals surface area contributed by atoms with E-state index in [1.807, 2.05) is 19.1 Å². The van der Waals surface area contributed by atoms with Gasteiger partial charge in [0.15, 0.2) is 0 Å². The normalized spacial score (nSPS) is 12.4. The summed E-state index contributed by atoms with van der Waals surface area (Å²) in [6.07, 6.45) is 1.56. The minimum absolute atomic E-state index is 0.365. The second-order valence-corrected chi connectivity index (χ2v) is 4.90. The van der Waals surface area contributed by atoms with Gasteiger partial charge in [0.25, 0.3) is 0 Å². The lowest BCUT2D eigenvalue weighted by Gasteiger charge is -2.10. The van der Waals surface area contributed by atoms with E-state index in [0.29, 0.717) is 11.4 Å². The zero-order valence-corrected chi connectivity index (χ0v) is 10.0. The van der Waals surface area contributed by atoms with Crippen LogP contribution in [0.5, 0.6) is 0 Å². The van der Waals surface area contributed by atoms with Crippen molar-refractivity contribution in [2.24, 2.45) is 0 Å². The molecule has 1 rings (SSSR count). The third kappa shape index (κ3) is 4.14. The van der Waals surface area contributed by atoms with Crippen molar-refractivity contribution >= 4 is 29.3 Å². The molecule has 1 N–H and O–H groups in total. The molecule has 0 saturated heterocycles. The summed E-state index contributed by atoms with van der Waals surface area (Å²) in [7, 11) is 0. The van der Waals surface area contributed by atoms with Crippen LogP contribution in [-0.2, 0) is 4.79 Å². The number of thioether (sulfide) groups is 1. The van der Waals surface area contributed by atoms with Crippen LogP contribution in [0.2, 0.25) is 5.02 Å². The van der Waals surface area contributed by atoms with Gasteiger partial charge in [0, 0.05) is 9.92 Å². The maximum Gasteiger partial charge on any atom is 0.316 e. The number of aliphatic carboxylic acids is 1. The Balaban J connectivity index is 2.65. The van der Waals surface area contributed by atoms with Gasteiger partial charge >= 0.3 is 5.97 Å². The number of hydrogen-bond donors (Lipinski definition) is 1. The lowest BCUT2D eigenvalue weighted by Crippen LogP contribution is -2.15. The Kier molecular flexibility index (Phi) is 4.99. The maximum atomic E-state index is 10.9. The maximum absolute atomic E-state index is 10.9. The number of rotatable bonds is 5. The molecular formula is C11H13ClO2S. The van der Waals surface area contributed by atoms with Gasteiger partial charge < -0.3 is 5.11 Å². The van der Waals surface area contributed by atoms with Gasteiger partial charge in [0.1, 0.15) is 5.25 Å². The molecule has 1 atom stereocenters. The summed E-state index contributed by atoms with van der Waals surface area (Å²) >= 11 is 7.12. The molecular weight excluding hydrogens is 232 g/mol. The molecule has 0 saturated carbocycles. The Labute approximate surface area is 98.6 Å². The van der Waals surface area contributed by atoms with Gasteiger partial charge in [0.2, 0.25) is 0 Å². The molecule has 15 heavy (non-hydrogen) atoms. The summed E-state index contributed by atoms with van der Waals surface area (Å²) in [5.74, 6) is -0.753. The molecule has 1 aromatic carbocycles. The first kappa shape index (κ1) is 12.4. The van der Waals surface area contributed by atoms with Crippen molar-refractivity contribution in [3.63, 3.8) is 0 Å². The van der Waals surface area contributed by atoms with Gasteiger partial charge in [-0.05, 0) is 30.7 Å². The molecule has 2 nitrogen and oxygen atoms in total. The minimum atomic E-state index is -0.753. The fourth-order valence-electron chi connectivity index (χ4n) is 1.17. The van der Waals surface area contributed by atoms with E-state index in [4.69, 9.17) is 16.7 Å². The van der Waals surface area contributed by atoms with E-state index in [2.05, 4.69) is 0 Å². The van der Waals surface area contributed by atoms with Crippen LogP contribution in [0, 0.1) is 0 Å². The molecule has 0 aliphatic rings. The summed E-state index contributed by atoms with van der Waals surface area (Å²) in [5.41, 5.74) is 0. The van der Waals surface area contributed by atoms with Crippen molar-refractivity contribution in [3.8, 4) is 0 Å². The highest BCUT2D eigenvalue weighted by molar-refractivity contribution is 8.00. The van der Waals surface area contributed by atoms with E-state index < -0.39 is 5.97 Å². The molecule has 1 unspecified atom stereocenters. The van der Waals surface area contributed by atoms with E-state index in [1.165, 1.54) is 11.8 Å². The third-order valence-electron chi connectivity index (χ3n) is 1.92. The average Bonchev–Trinajstić information content (AvgIpc) is 2.20. The van der Waals surface area contributed by atoms with Crippen molar-refractivity contribution in [1.29, 1.82) is 0 Å². The van der Waals surface area contributed by atoms with E-state index in [9.17, 15) is 4.79 Å². The van der Waals surface area contributed by atoms with Crippen molar-refractivity contribution < 1.29 is 9.90 Å². The molecule has 0 bridgehead atoms.